The number of Topliss-reactive ketones (excluding diaryl/α,β-unsaturated/α-hetero) is 1. The van der Waals surface area contributed by atoms with E-state index in [0.29, 0.717) is 17.6 Å². The summed E-state index contributed by atoms with van der Waals surface area (Å²) in [5.41, 5.74) is 0.749. The molecule has 0 aliphatic carbocycles. The lowest BCUT2D eigenvalue weighted by atomic mass is 9.94. The second-order valence-electron chi connectivity index (χ2n) is 7.34. The smallest absolute Gasteiger partial charge is 0.409 e. The van der Waals surface area contributed by atoms with Crippen LogP contribution in [0.2, 0.25) is 0 Å². The molecule has 1 saturated heterocycles. The van der Waals surface area contributed by atoms with Crippen LogP contribution in [0.3, 0.4) is 0 Å². The van der Waals surface area contributed by atoms with E-state index in [2.05, 4.69) is 4.98 Å². The molecule has 158 valence electrons. The zero-order chi connectivity index (χ0) is 21.3. The molecular formula is C21H23N3O6. The fraction of sp³-hybridized carbons (Fsp3) is 0.429. The number of furan rings is 1. The summed E-state index contributed by atoms with van der Waals surface area (Å²) in [4.78, 5) is 43.6. The van der Waals surface area contributed by atoms with E-state index < -0.39 is 17.7 Å². The largest absolute Gasteiger partial charge is 0.453 e. The van der Waals surface area contributed by atoms with E-state index >= 15 is 0 Å². The number of benzene rings is 1. The lowest BCUT2D eigenvalue weighted by molar-refractivity contribution is -0.122. The molecule has 9 heteroatoms. The van der Waals surface area contributed by atoms with Crippen molar-refractivity contribution in [3.63, 3.8) is 0 Å². The highest BCUT2D eigenvalue weighted by molar-refractivity contribution is 6.01. The SMILES string of the molecule is COC(=O)N1CCC[C@@H](OC)[C@@H]1CC(=O)Cn1cnc2c(oc3ccccc32)c1=O. The number of amides is 1. The van der Waals surface area contributed by atoms with Crippen LogP contribution in [0.5, 0.6) is 0 Å². The average Bonchev–Trinajstić information content (AvgIpc) is 3.15. The van der Waals surface area contributed by atoms with E-state index in [4.69, 9.17) is 13.9 Å². The molecule has 2 aromatic heterocycles. The lowest BCUT2D eigenvalue weighted by Gasteiger charge is -2.39. The number of hydrogen-bond acceptors (Lipinski definition) is 7. The van der Waals surface area contributed by atoms with E-state index in [9.17, 15) is 14.4 Å². The van der Waals surface area contributed by atoms with Gasteiger partial charge in [0.2, 0.25) is 5.58 Å². The van der Waals surface area contributed by atoms with Crippen molar-refractivity contribution >= 4 is 33.9 Å². The Balaban J connectivity index is 1.57. The molecule has 0 spiro atoms. The molecule has 3 heterocycles. The van der Waals surface area contributed by atoms with Gasteiger partial charge in [-0.2, -0.15) is 0 Å². The summed E-state index contributed by atoms with van der Waals surface area (Å²) in [6.45, 7) is 0.331. The number of carbonyl (C=O) groups is 2. The van der Waals surface area contributed by atoms with Crippen molar-refractivity contribution < 1.29 is 23.5 Å². The molecule has 1 aliphatic heterocycles. The highest BCUT2D eigenvalue weighted by Crippen LogP contribution is 2.25. The highest BCUT2D eigenvalue weighted by Gasteiger charge is 2.36. The van der Waals surface area contributed by atoms with Gasteiger partial charge in [-0.25, -0.2) is 9.78 Å². The molecule has 0 N–H and O–H groups in total. The van der Waals surface area contributed by atoms with Gasteiger partial charge in [0.1, 0.15) is 11.1 Å². The molecule has 0 saturated carbocycles. The van der Waals surface area contributed by atoms with Crippen molar-refractivity contribution in [2.75, 3.05) is 20.8 Å². The predicted molar refractivity (Wildman–Crippen MR) is 108 cm³/mol. The Bertz CT molecular complexity index is 1150. The third-order valence-corrected chi connectivity index (χ3v) is 5.56. The summed E-state index contributed by atoms with van der Waals surface area (Å²) in [7, 11) is 2.87. The Morgan fingerprint density at radius 2 is 2.07 bits per heavy atom. The molecule has 1 aromatic carbocycles. The van der Waals surface area contributed by atoms with Crippen molar-refractivity contribution in [2.45, 2.75) is 38.0 Å². The lowest BCUT2D eigenvalue weighted by Crippen LogP contribution is -2.52. The summed E-state index contributed by atoms with van der Waals surface area (Å²) < 4.78 is 17.2. The van der Waals surface area contributed by atoms with Gasteiger partial charge in [0.05, 0.1) is 32.1 Å². The quantitative estimate of drug-likeness (QED) is 0.632. The van der Waals surface area contributed by atoms with E-state index in [1.54, 1.807) is 13.2 Å². The molecular weight excluding hydrogens is 390 g/mol. The number of methoxy groups -OCH3 is 2. The van der Waals surface area contributed by atoms with E-state index in [0.717, 1.165) is 18.2 Å². The van der Waals surface area contributed by atoms with Gasteiger partial charge in [-0.05, 0) is 25.0 Å². The number of aromatic nitrogens is 2. The minimum absolute atomic E-state index is 0.0538. The summed E-state index contributed by atoms with van der Waals surface area (Å²) in [5.74, 6) is -0.211. The van der Waals surface area contributed by atoms with Crippen molar-refractivity contribution in [1.29, 1.82) is 0 Å². The fourth-order valence-corrected chi connectivity index (χ4v) is 4.10. The number of para-hydroxylation sites is 1. The van der Waals surface area contributed by atoms with Crippen LogP contribution in [-0.4, -0.2) is 59.2 Å². The molecule has 1 amide bonds. The second kappa shape index (κ2) is 8.27. The number of rotatable bonds is 5. The first-order valence-electron chi connectivity index (χ1n) is 9.79. The Morgan fingerprint density at radius 3 is 2.83 bits per heavy atom. The zero-order valence-electron chi connectivity index (χ0n) is 16.9. The summed E-state index contributed by atoms with van der Waals surface area (Å²) in [6.07, 6.45) is 2.17. The topological polar surface area (TPSA) is 104 Å². The number of likely N-dealkylation sites (tertiary alicyclic amines) is 1. The van der Waals surface area contributed by atoms with Gasteiger partial charge in [0.25, 0.3) is 5.56 Å². The van der Waals surface area contributed by atoms with E-state index in [1.165, 1.54) is 22.9 Å². The normalized spacial score (nSPS) is 19.3. The number of nitrogens with zero attached hydrogens (tertiary/aromatic N) is 3. The molecule has 1 fully saturated rings. The molecule has 2 atom stereocenters. The van der Waals surface area contributed by atoms with Crippen LogP contribution in [0, 0.1) is 0 Å². The summed E-state index contributed by atoms with van der Waals surface area (Å²) >= 11 is 0. The number of hydrogen-bond donors (Lipinski definition) is 0. The standard InChI is InChI=1S/C21H23N3O6/c1-28-17-8-5-9-24(21(27)29-2)15(17)10-13(25)11-23-12-22-18-14-6-3-4-7-16(14)30-19(18)20(23)26/h3-4,6-7,12,15,17H,5,8-11H2,1-2H3/t15-,17+/m0/s1. The van der Waals surface area contributed by atoms with Gasteiger partial charge >= 0.3 is 6.09 Å². The molecule has 4 rings (SSSR count). The predicted octanol–water partition coefficient (Wildman–Crippen LogP) is 2.35. The summed E-state index contributed by atoms with van der Waals surface area (Å²) in [6, 6.07) is 6.82. The molecule has 0 unspecified atom stereocenters. The second-order valence-corrected chi connectivity index (χ2v) is 7.34. The van der Waals surface area contributed by atoms with Crippen molar-refractivity contribution in [2.24, 2.45) is 0 Å². The minimum Gasteiger partial charge on any atom is -0.453 e. The van der Waals surface area contributed by atoms with Gasteiger partial charge in [-0.1, -0.05) is 12.1 Å². The third kappa shape index (κ3) is 3.56. The first-order valence-corrected chi connectivity index (χ1v) is 9.79. The fourth-order valence-electron chi connectivity index (χ4n) is 4.10. The Labute approximate surface area is 172 Å². The maximum absolute atomic E-state index is 12.8. The van der Waals surface area contributed by atoms with Crippen LogP contribution >= 0.6 is 0 Å². The van der Waals surface area contributed by atoms with Crippen molar-refractivity contribution in [3.8, 4) is 0 Å². The van der Waals surface area contributed by atoms with Crippen LogP contribution < -0.4 is 5.56 Å². The Kier molecular flexibility index (Phi) is 5.54. The Morgan fingerprint density at radius 1 is 1.27 bits per heavy atom. The molecule has 3 aromatic rings. The van der Waals surface area contributed by atoms with Crippen molar-refractivity contribution in [1.82, 2.24) is 14.5 Å². The number of fused-ring (bicyclic) bond motifs is 3. The van der Waals surface area contributed by atoms with E-state index in [-0.39, 0.29) is 30.4 Å². The Hall–Kier alpha value is -3.20. The molecule has 1 aliphatic rings. The zero-order valence-corrected chi connectivity index (χ0v) is 16.9. The van der Waals surface area contributed by atoms with Crippen LogP contribution in [0.15, 0.2) is 39.8 Å². The van der Waals surface area contributed by atoms with Crippen LogP contribution in [-0.2, 0) is 20.8 Å². The molecule has 9 nitrogen and oxygen atoms in total. The van der Waals surface area contributed by atoms with Gasteiger partial charge in [-0.3, -0.25) is 14.2 Å². The van der Waals surface area contributed by atoms with Crippen molar-refractivity contribution in [3.05, 3.63) is 40.9 Å². The molecule has 0 bridgehead atoms. The third-order valence-electron chi connectivity index (χ3n) is 5.56. The first kappa shape index (κ1) is 20.1. The van der Waals surface area contributed by atoms with Gasteiger partial charge in [0.15, 0.2) is 5.78 Å². The molecule has 30 heavy (non-hydrogen) atoms. The van der Waals surface area contributed by atoms with E-state index in [1.807, 2.05) is 18.2 Å². The summed E-state index contributed by atoms with van der Waals surface area (Å²) in [5, 5.41) is 0.752. The number of ketones is 1. The number of carbonyl (C=O) groups excluding carboxylic acids is 2. The maximum atomic E-state index is 12.8. The average molecular weight is 413 g/mol. The monoisotopic (exact) mass is 413 g/mol. The van der Waals surface area contributed by atoms with Gasteiger partial charge in [0, 0.05) is 25.5 Å². The first-order chi connectivity index (χ1) is 14.5. The maximum Gasteiger partial charge on any atom is 0.409 e. The van der Waals surface area contributed by atoms with Gasteiger partial charge < -0.3 is 18.8 Å². The van der Waals surface area contributed by atoms with Crippen LogP contribution in [0.1, 0.15) is 19.3 Å². The minimum atomic E-state index is -0.489. The highest BCUT2D eigenvalue weighted by atomic mass is 16.5. The van der Waals surface area contributed by atoms with Crippen LogP contribution in [0.4, 0.5) is 4.79 Å². The number of piperidine rings is 1. The molecule has 0 radical (unpaired) electrons. The number of ether oxygens (including phenoxy) is 2. The van der Waals surface area contributed by atoms with Gasteiger partial charge in [-0.15, -0.1) is 0 Å². The van der Waals surface area contributed by atoms with Crippen LogP contribution in [0.25, 0.3) is 22.1 Å².